The molecule has 0 spiro atoms. The molecule has 0 atom stereocenters. The number of ether oxygens (including phenoxy) is 2. The van der Waals surface area contributed by atoms with E-state index in [1.807, 2.05) is 6.92 Å². The van der Waals surface area contributed by atoms with E-state index in [0.29, 0.717) is 34.3 Å². The predicted octanol–water partition coefficient (Wildman–Crippen LogP) is 4.15. The first-order chi connectivity index (χ1) is 13.5. The number of nitrogens with one attached hydrogen (secondary N) is 2. The molecular formula is C21H23ClN2O4. The lowest BCUT2D eigenvalue weighted by Gasteiger charge is -2.11. The van der Waals surface area contributed by atoms with E-state index in [1.54, 1.807) is 56.7 Å². The van der Waals surface area contributed by atoms with Crippen molar-refractivity contribution in [3.05, 3.63) is 58.6 Å². The highest BCUT2D eigenvalue weighted by molar-refractivity contribution is 6.31. The van der Waals surface area contributed by atoms with Crippen molar-refractivity contribution in [2.75, 3.05) is 26.1 Å². The van der Waals surface area contributed by atoms with Crippen molar-refractivity contribution in [3.63, 3.8) is 0 Å². The number of amides is 2. The molecule has 0 aromatic heterocycles. The van der Waals surface area contributed by atoms with Gasteiger partial charge in [-0.05, 0) is 48.4 Å². The smallest absolute Gasteiger partial charge is 0.253 e. The van der Waals surface area contributed by atoms with Crippen LogP contribution in [0, 0.1) is 0 Å². The van der Waals surface area contributed by atoms with E-state index in [2.05, 4.69) is 10.6 Å². The Kier molecular flexibility index (Phi) is 7.89. The molecule has 148 valence electrons. The van der Waals surface area contributed by atoms with E-state index in [-0.39, 0.29) is 11.8 Å². The van der Waals surface area contributed by atoms with Gasteiger partial charge < -0.3 is 20.1 Å². The summed E-state index contributed by atoms with van der Waals surface area (Å²) in [5.74, 6) is 0.514. The molecule has 2 aromatic rings. The maximum Gasteiger partial charge on any atom is 0.253 e. The van der Waals surface area contributed by atoms with E-state index in [0.717, 1.165) is 12.0 Å². The predicted molar refractivity (Wildman–Crippen MR) is 111 cm³/mol. The molecule has 0 aliphatic carbocycles. The number of benzene rings is 2. The second-order valence-electron chi connectivity index (χ2n) is 5.88. The van der Waals surface area contributed by atoms with Gasteiger partial charge in [0.05, 0.1) is 25.5 Å². The highest BCUT2D eigenvalue weighted by Crippen LogP contribution is 2.28. The molecule has 7 heteroatoms. The molecule has 0 aliphatic heterocycles. The average molecular weight is 403 g/mol. The molecule has 0 saturated carbocycles. The number of anilines is 1. The lowest BCUT2D eigenvalue weighted by atomic mass is 10.1. The first-order valence-corrected chi connectivity index (χ1v) is 9.15. The van der Waals surface area contributed by atoms with Crippen molar-refractivity contribution >= 4 is 35.2 Å². The average Bonchev–Trinajstić information content (AvgIpc) is 2.70. The maximum absolute atomic E-state index is 12.3. The van der Waals surface area contributed by atoms with E-state index >= 15 is 0 Å². The minimum Gasteiger partial charge on any atom is -0.493 e. The van der Waals surface area contributed by atoms with Crippen molar-refractivity contribution < 1.29 is 19.1 Å². The van der Waals surface area contributed by atoms with Gasteiger partial charge in [0.1, 0.15) is 0 Å². The van der Waals surface area contributed by atoms with Crippen LogP contribution in [0.1, 0.15) is 29.3 Å². The second-order valence-corrected chi connectivity index (χ2v) is 6.32. The van der Waals surface area contributed by atoms with Gasteiger partial charge in [-0.1, -0.05) is 24.6 Å². The molecule has 2 N–H and O–H groups in total. The van der Waals surface area contributed by atoms with Gasteiger partial charge in [0, 0.05) is 17.6 Å². The summed E-state index contributed by atoms with van der Waals surface area (Å²) in [4.78, 5) is 24.6. The Morgan fingerprint density at radius 3 is 2.50 bits per heavy atom. The maximum atomic E-state index is 12.3. The third-order valence-corrected chi connectivity index (χ3v) is 4.09. The fourth-order valence-electron chi connectivity index (χ4n) is 2.45. The molecule has 0 aliphatic rings. The Labute approximate surface area is 169 Å². The van der Waals surface area contributed by atoms with Gasteiger partial charge in [-0.25, -0.2) is 0 Å². The number of hydrogen-bond donors (Lipinski definition) is 2. The van der Waals surface area contributed by atoms with Gasteiger partial charge in [-0.3, -0.25) is 9.59 Å². The van der Waals surface area contributed by atoms with Crippen LogP contribution in [0.2, 0.25) is 5.02 Å². The largest absolute Gasteiger partial charge is 0.493 e. The van der Waals surface area contributed by atoms with Crippen LogP contribution in [0.25, 0.3) is 6.08 Å². The summed E-state index contributed by atoms with van der Waals surface area (Å²) < 4.78 is 10.4. The summed E-state index contributed by atoms with van der Waals surface area (Å²) in [6, 6.07) is 10.0. The van der Waals surface area contributed by atoms with Gasteiger partial charge in [0.2, 0.25) is 5.91 Å². The summed E-state index contributed by atoms with van der Waals surface area (Å²) in [7, 11) is 3.10. The number of halogens is 1. The van der Waals surface area contributed by atoms with E-state index < -0.39 is 0 Å². The Morgan fingerprint density at radius 1 is 1.07 bits per heavy atom. The van der Waals surface area contributed by atoms with E-state index in [9.17, 15) is 9.59 Å². The first kappa shape index (κ1) is 21.3. The Hall–Kier alpha value is -2.99. The summed E-state index contributed by atoms with van der Waals surface area (Å²) in [5, 5.41) is 5.91. The van der Waals surface area contributed by atoms with Gasteiger partial charge in [0.25, 0.3) is 5.91 Å². The van der Waals surface area contributed by atoms with Crippen LogP contribution in [0.4, 0.5) is 5.69 Å². The lowest BCUT2D eigenvalue weighted by molar-refractivity contribution is -0.111. The van der Waals surface area contributed by atoms with Crippen molar-refractivity contribution in [1.82, 2.24) is 5.32 Å². The van der Waals surface area contributed by atoms with Crippen LogP contribution in [0.15, 0.2) is 42.5 Å². The SMILES string of the molecule is CCCNC(=O)c1ccc(Cl)cc1NC(=O)/C=C/c1ccc(OC)c(OC)c1. The van der Waals surface area contributed by atoms with Crippen molar-refractivity contribution in [2.24, 2.45) is 0 Å². The molecule has 2 amide bonds. The Morgan fingerprint density at radius 2 is 1.82 bits per heavy atom. The minimum atomic E-state index is -0.387. The number of hydrogen-bond acceptors (Lipinski definition) is 4. The molecule has 0 saturated heterocycles. The monoisotopic (exact) mass is 402 g/mol. The van der Waals surface area contributed by atoms with Crippen LogP contribution in [0.3, 0.4) is 0 Å². The number of carbonyl (C=O) groups is 2. The molecule has 28 heavy (non-hydrogen) atoms. The molecule has 0 unspecified atom stereocenters. The Bertz CT molecular complexity index is 881. The number of rotatable bonds is 8. The van der Waals surface area contributed by atoms with Gasteiger partial charge in [-0.15, -0.1) is 0 Å². The second kappa shape index (κ2) is 10.4. The lowest BCUT2D eigenvalue weighted by Crippen LogP contribution is -2.25. The molecule has 2 rings (SSSR count). The highest BCUT2D eigenvalue weighted by atomic mass is 35.5. The zero-order chi connectivity index (χ0) is 20.5. The third-order valence-electron chi connectivity index (χ3n) is 3.85. The number of methoxy groups -OCH3 is 2. The zero-order valence-electron chi connectivity index (χ0n) is 16.0. The fourth-order valence-corrected chi connectivity index (χ4v) is 2.63. The standard InChI is InChI=1S/C21H23ClN2O4/c1-4-11-23-21(26)16-8-7-15(22)13-17(16)24-20(25)10-6-14-5-9-18(27-2)19(12-14)28-3/h5-10,12-13H,4,11H2,1-3H3,(H,23,26)(H,24,25)/b10-6+. The molecule has 0 bridgehead atoms. The van der Waals surface area contributed by atoms with Crippen LogP contribution >= 0.6 is 11.6 Å². The summed E-state index contributed by atoms with van der Waals surface area (Å²) in [5.41, 5.74) is 1.47. The van der Waals surface area contributed by atoms with Crippen molar-refractivity contribution in [3.8, 4) is 11.5 Å². The fraction of sp³-hybridized carbons (Fsp3) is 0.238. The van der Waals surface area contributed by atoms with Crippen LogP contribution in [-0.4, -0.2) is 32.6 Å². The van der Waals surface area contributed by atoms with Crippen molar-refractivity contribution in [2.45, 2.75) is 13.3 Å². The summed E-state index contributed by atoms with van der Waals surface area (Å²) in [6.07, 6.45) is 3.82. The molecule has 0 heterocycles. The van der Waals surface area contributed by atoms with E-state index in [1.165, 1.54) is 6.08 Å². The summed E-state index contributed by atoms with van der Waals surface area (Å²) >= 11 is 6.02. The normalized spacial score (nSPS) is 10.6. The van der Waals surface area contributed by atoms with Gasteiger partial charge in [-0.2, -0.15) is 0 Å². The molecule has 6 nitrogen and oxygen atoms in total. The van der Waals surface area contributed by atoms with Crippen LogP contribution in [-0.2, 0) is 4.79 Å². The van der Waals surface area contributed by atoms with Gasteiger partial charge in [0.15, 0.2) is 11.5 Å². The minimum absolute atomic E-state index is 0.266. The molecule has 0 fully saturated rings. The molecule has 2 aromatic carbocycles. The third kappa shape index (κ3) is 5.76. The van der Waals surface area contributed by atoms with Crippen molar-refractivity contribution in [1.29, 1.82) is 0 Å². The number of carbonyl (C=O) groups excluding carboxylic acids is 2. The Balaban J connectivity index is 2.15. The highest BCUT2D eigenvalue weighted by Gasteiger charge is 2.13. The van der Waals surface area contributed by atoms with Crippen LogP contribution in [0.5, 0.6) is 11.5 Å². The van der Waals surface area contributed by atoms with Gasteiger partial charge >= 0.3 is 0 Å². The summed E-state index contributed by atoms with van der Waals surface area (Å²) in [6.45, 7) is 2.51. The topological polar surface area (TPSA) is 76.7 Å². The molecular weight excluding hydrogens is 380 g/mol. The zero-order valence-corrected chi connectivity index (χ0v) is 16.8. The van der Waals surface area contributed by atoms with E-state index in [4.69, 9.17) is 21.1 Å². The van der Waals surface area contributed by atoms with Crippen LogP contribution < -0.4 is 20.1 Å². The molecule has 0 radical (unpaired) electrons. The quantitative estimate of drug-likeness (QED) is 0.650. The first-order valence-electron chi connectivity index (χ1n) is 8.77.